The highest BCUT2D eigenvalue weighted by atomic mass is 35.5. The maximum absolute atomic E-state index is 6.28. The fourth-order valence-corrected chi connectivity index (χ4v) is 2.57. The van der Waals surface area contributed by atoms with Gasteiger partial charge in [0.15, 0.2) is 0 Å². The Hall–Kier alpha value is -0.930. The largest absolute Gasteiger partial charge is 0.372 e. The van der Waals surface area contributed by atoms with E-state index in [1.807, 2.05) is 12.1 Å². The molecule has 0 atom stereocenters. The molecule has 1 aliphatic heterocycles. The number of para-hydroxylation sites is 1. The van der Waals surface area contributed by atoms with E-state index in [4.69, 9.17) is 17.3 Å². The van der Waals surface area contributed by atoms with Gasteiger partial charge in [0.25, 0.3) is 0 Å². The number of fused-ring (bicyclic) bond motifs is 1. The number of hydrogen-bond donors (Lipinski definition) is 1. The molecule has 0 aromatic heterocycles. The highest BCUT2D eigenvalue weighted by Crippen LogP contribution is 2.37. The summed E-state index contributed by atoms with van der Waals surface area (Å²) in [6.07, 6.45) is 1.14. The first kappa shape index (κ1) is 11.6. The predicted molar refractivity (Wildman–Crippen MR) is 70.6 cm³/mol. The molecule has 0 radical (unpaired) electrons. The maximum atomic E-state index is 6.28. The highest BCUT2D eigenvalue weighted by molar-refractivity contribution is 6.34. The third-order valence-electron chi connectivity index (χ3n) is 3.01. The van der Waals surface area contributed by atoms with Crippen LogP contribution in [0.5, 0.6) is 0 Å². The number of anilines is 2. The van der Waals surface area contributed by atoms with Gasteiger partial charge < -0.3 is 15.5 Å². The van der Waals surface area contributed by atoms with Crippen molar-refractivity contribution in [1.29, 1.82) is 0 Å². The van der Waals surface area contributed by atoms with Crippen LogP contribution in [-0.2, 0) is 0 Å². The van der Waals surface area contributed by atoms with Gasteiger partial charge in [-0.15, -0.1) is 0 Å². The number of halogens is 1. The van der Waals surface area contributed by atoms with Gasteiger partial charge in [0.2, 0.25) is 0 Å². The van der Waals surface area contributed by atoms with Crippen molar-refractivity contribution < 1.29 is 0 Å². The molecule has 0 spiro atoms. The molecule has 1 aromatic rings. The second-order valence-electron chi connectivity index (χ2n) is 4.16. The van der Waals surface area contributed by atoms with Crippen molar-refractivity contribution >= 4 is 23.0 Å². The number of hydrogen-bond acceptors (Lipinski definition) is 3. The smallest absolute Gasteiger partial charge is 0.0790 e. The van der Waals surface area contributed by atoms with E-state index in [-0.39, 0.29) is 0 Å². The molecule has 1 aromatic carbocycles. The van der Waals surface area contributed by atoms with Crippen LogP contribution in [0, 0.1) is 0 Å². The topological polar surface area (TPSA) is 32.5 Å². The minimum atomic E-state index is 0.676. The van der Waals surface area contributed by atoms with Crippen LogP contribution in [0.25, 0.3) is 0 Å². The zero-order chi connectivity index (χ0) is 11.5. The van der Waals surface area contributed by atoms with Crippen LogP contribution >= 0.6 is 11.6 Å². The maximum Gasteiger partial charge on any atom is 0.0790 e. The summed E-state index contributed by atoms with van der Waals surface area (Å²) in [6.45, 7) is 3.66. The standard InChI is InChI=1S/C12H18ClN3/c1-15-7-3-8-16(9-6-14)11-5-2-4-10(13)12(11)15/h2,4-5H,3,6-9,14H2,1H3. The van der Waals surface area contributed by atoms with E-state index in [9.17, 15) is 0 Å². The van der Waals surface area contributed by atoms with E-state index < -0.39 is 0 Å². The second-order valence-corrected chi connectivity index (χ2v) is 4.57. The molecule has 88 valence electrons. The molecule has 0 unspecified atom stereocenters. The number of nitrogens with zero attached hydrogens (tertiary/aromatic N) is 2. The van der Waals surface area contributed by atoms with E-state index >= 15 is 0 Å². The molecule has 4 heteroatoms. The van der Waals surface area contributed by atoms with Gasteiger partial charge in [-0.25, -0.2) is 0 Å². The van der Waals surface area contributed by atoms with Crippen molar-refractivity contribution in [2.45, 2.75) is 6.42 Å². The minimum Gasteiger partial charge on any atom is -0.372 e. The summed E-state index contributed by atoms with van der Waals surface area (Å²) in [4.78, 5) is 4.55. The van der Waals surface area contributed by atoms with Crippen molar-refractivity contribution in [1.82, 2.24) is 0 Å². The first-order valence-electron chi connectivity index (χ1n) is 5.68. The van der Waals surface area contributed by atoms with E-state index in [0.29, 0.717) is 6.54 Å². The summed E-state index contributed by atoms with van der Waals surface area (Å²) in [5, 5.41) is 0.823. The van der Waals surface area contributed by atoms with Crippen molar-refractivity contribution in [3.05, 3.63) is 23.2 Å². The molecule has 3 nitrogen and oxygen atoms in total. The molecule has 16 heavy (non-hydrogen) atoms. The second kappa shape index (κ2) is 4.93. The average Bonchev–Trinajstić information content (AvgIpc) is 2.41. The van der Waals surface area contributed by atoms with Gasteiger partial charge in [0.05, 0.1) is 16.4 Å². The predicted octanol–water partition coefficient (Wildman–Crippen LogP) is 1.95. The molecule has 0 aliphatic carbocycles. The van der Waals surface area contributed by atoms with Crippen molar-refractivity contribution in [3.63, 3.8) is 0 Å². The van der Waals surface area contributed by atoms with Crippen LogP contribution in [0.3, 0.4) is 0 Å². The third-order valence-corrected chi connectivity index (χ3v) is 3.31. The summed E-state index contributed by atoms with van der Waals surface area (Å²) < 4.78 is 0. The van der Waals surface area contributed by atoms with Gasteiger partial charge in [-0.3, -0.25) is 0 Å². The molecule has 2 N–H and O–H groups in total. The molecule has 0 bridgehead atoms. The summed E-state index contributed by atoms with van der Waals surface area (Å²) in [7, 11) is 2.09. The number of rotatable bonds is 2. The third kappa shape index (κ3) is 2.11. The van der Waals surface area contributed by atoms with Crippen LogP contribution in [0.15, 0.2) is 18.2 Å². The normalized spacial score (nSPS) is 15.9. The van der Waals surface area contributed by atoms with Gasteiger partial charge in [-0.1, -0.05) is 17.7 Å². The van der Waals surface area contributed by atoms with E-state index in [0.717, 1.165) is 36.8 Å². The Morgan fingerprint density at radius 1 is 1.38 bits per heavy atom. The van der Waals surface area contributed by atoms with Crippen molar-refractivity contribution in [2.75, 3.05) is 43.0 Å². The quantitative estimate of drug-likeness (QED) is 0.856. The average molecular weight is 240 g/mol. The van der Waals surface area contributed by atoms with Gasteiger partial charge in [0, 0.05) is 33.2 Å². The Balaban J connectivity index is 2.43. The molecule has 0 amide bonds. The molecule has 0 saturated carbocycles. The van der Waals surface area contributed by atoms with Gasteiger partial charge in [-0.2, -0.15) is 0 Å². The number of benzene rings is 1. The zero-order valence-electron chi connectivity index (χ0n) is 9.62. The summed E-state index contributed by atoms with van der Waals surface area (Å²) in [6, 6.07) is 6.07. The Morgan fingerprint density at radius 3 is 2.94 bits per heavy atom. The molecule has 0 saturated heterocycles. The molecule has 0 fully saturated rings. The van der Waals surface area contributed by atoms with E-state index in [2.05, 4.69) is 22.9 Å². The Kier molecular flexibility index (Phi) is 3.56. The van der Waals surface area contributed by atoms with Crippen molar-refractivity contribution in [3.8, 4) is 0 Å². The lowest BCUT2D eigenvalue weighted by molar-refractivity contribution is 0.741. The zero-order valence-corrected chi connectivity index (χ0v) is 10.4. The van der Waals surface area contributed by atoms with Crippen LogP contribution in [0.1, 0.15) is 6.42 Å². The Labute approximate surface area is 102 Å². The fourth-order valence-electron chi connectivity index (χ4n) is 2.26. The lowest BCUT2D eigenvalue weighted by Gasteiger charge is -2.26. The lowest BCUT2D eigenvalue weighted by Crippen LogP contribution is -2.29. The first-order valence-corrected chi connectivity index (χ1v) is 6.06. The summed E-state index contributed by atoms with van der Waals surface area (Å²) in [5.41, 5.74) is 7.99. The SMILES string of the molecule is CN1CCCN(CCN)c2cccc(Cl)c21. The van der Waals surface area contributed by atoms with Crippen LogP contribution in [0.4, 0.5) is 11.4 Å². The van der Waals surface area contributed by atoms with Gasteiger partial charge in [-0.05, 0) is 18.6 Å². The first-order chi connectivity index (χ1) is 7.74. The van der Waals surface area contributed by atoms with E-state index in [1.54, 1.807) is 0 Å². The minimum absolute atomic E-state index is 0.676. The Morgan fingerprint density at radius 2 is 2.19 bits per heavy atom. The Bertz CT molecular complexity index is 367. The summed E-state index contributed by atoms with van der Waals surface area (Å²) >= 11 is 6.28. The number of nitrogens with two attached hydrogens (primary N) is 1. The highest BCUT2D eigenvalue weighted by Gasteiger charge is 2.19. The molecule has 2 rings (SSSR count). The van der Waals surface area contributed by atoms with Crippen LogP contribution in [0.2, 0.25) is 5.02 Å². The lowest BCUT2D eigenvalue weighted by atomic mass is 10.2. The molecule has 1 aliphatic rings. The van der Waals surface area contributed by atoms with E-state index in [1.165, 1.54) is 5.69 Å². The molecular weight excluding hydrogens is 222 g/mol. The van der Waals surface area contributed by atoms with Crippen molar-refractivity contribution in [2.24, 2.45) is 5.73 Å². The van der Waals surface area contributed by atoms with Gasteiger partial charge >= 0.3 is 0 Å². The molecular formula is C12H18ClN3. The van der Waals surface area contributed by atoms with Crippen LogP contribution < -0.4 is 15.5 Å². The van der Waals surface area contributed by atoms with Crippen LogP contribution in [-0.4, -0.2) is 33.2 Å². The fraction of sp³-hybridized carbons (Fsp3) is 0.500. The van der Waals surface area contributed by atoms with Gasteiger partial charge in [0.1, 0.15) is 0 Å². The molecule has 1 heterocycles. The summed E-state index contributed by atoms with van der Waals surface area (Å²) in [5.74, 6) is 0. The monoisotopic (exact) mass is 239 g/mol.